The van der Waals surface area contributed by atoms with E-state index in [-0.39, 0.29) is 0 Å². The van der Waals surface area contributed by atoms with Gasteiger partial charge in [-0.2, -0.15) is 0 Å². The summed E-state index contributed by atoms with van der Waals surface area (Å²) in [6.45, 7) is 2.12. The van der Waals surface area contributed by atoms with Crippen LogP contribution in [0.3, 0.4) is 0 Å². The van der Waals surface area contributed by atoms with E-state index in [4.69, 9.17) is 0 Å². The number of allylic oxidation sites excluding steroid dienone is 1. The highest BCUT2D eigenvalue weighted by Crippen LogP contribution is 2.14. The van der Waals surface area contributed by atoms with E-state index in [1.54, 1.807) is 11.8 Å². The molecule has 0 unspecified atom stereocenters. The lowest BCUT2D eigenvalue weighted by atomic mass is 10.2. The first kappa shape index (κ1) is 8.41. The van der Waals surface area contributed by atoms with E-state index < -0.39 is 0 Å². The summed E-state index contributed by atoms with van der Waals surface area (Å²) in [7, 11) is 0. The largest absolute Gasteiger partial charge is 0.134 e. The van der Waals surface area contributed by atoms with Crippen LogP contribution in [0.1, 0.15) is 12.5 Å². The Morgan fingerprint density at radius 1 is 1.27 bits per heavy atom. The Hall–Kier alpha value is -0.690. The lowest BCUT2D eigenvalue weighted by molar-refractivity contribution is 1.63. The van der Waals surface area contributed by atoms with Crippen LogP contribution >= 0.6 is 11.8 Å². The second-order valence-corrected chi connectivity index (χ2v) is 3.42. The molecule has 0 nitrogen and oxygen atoms in total. The van der Waals surface area contributed by atoms with Gasteiger partial charge < -0.3 is 0 Å². The zero-order valence-electron chi connectivity index (χ0n) is 6.87. The first-order valence-corrected chi connectivity index (χ1v) is 4.83. The molecule has 0 aromatic heterocycles. The molecule has 0 radical (unpaired) electrons. The van der Waals surface area contributed by atoms with Gasteiger partial charge in [-0.25, -0.2) is 0 Å². The Kier molecular flexibility index (Phi) is 3.24. The van der Waals surface area contributed by atoms with E-state index in [0.717, 1.165) is 0 Å². The molecule has 1 aromatic rings. The minimum atomic E-state index is 1.28. The zero-order valence-corrected chi connectivity index (χ0v) is 7.69. The Balaban J connectivity index is 2.79. The summed E-state index contributed by atoms with van der Waals surface area (Å²) in [4.78, 5) is 1.34. The number of thioether (sulfide) groups is 1. The van der Waals surface area contributed by atoms with Crippen LogP contribution < -0.4 is 0 Å². The summed E-state index contributed by atoms with van der Waals surface area (Å²) in [6, 6.07) is 10.4. The molecular weight excluding hydrogens is 152 g/mol. The van der Waals surface area contributed by atoms with E-state index in [1.165, 1.54) is 10.5 Å². The second-order valence-electron chi connectivity index (χ2n) is 2.37. The first-order valence-electron chi connectivity index (χ1n) is 3.60. The lowest BCUT2D eigenvalue weighted by Gasteiger charge is -1.94. The van der Waals surface area contributed by atoms with Crippen LogP contribution in [0.15, 0.2) is 35.2 Å². The van der Waals surface area contributed by atoms with Crippen LogP contribution in [0.4, 0.5) is 0 Å². The molecule has 0 aliphatic heterocycles. The molecule has 0 atom stereocenters. The van der Waals surface area contributed by atoms with Gasteiger partial charge in [0.05, 0.1) is 0 Å². The third-order valence-electron chi connectivity index (χ3n) is 1.49. The van der Waals surface area contributed by atoms with Crippen LogP contribution in [-0.4, -0.2) is 6.26 Å². The second kappa shape index (κ2) is 4.24. The molecule has 0 spiro atoms. The molecule has 11 heavy (non-hydrogen) atoms. The molecule has 0 aliphatic rings. The van der Waals surface area contributed by atoms with E-state index in [2.05, 4.69) is 43.5 Å². The van der Waals surface area contributed by atoms with Crippen molar-refractivity contribution in [2.75, 3.05) is 6.26 Å². The Bertz CT molecular complexity index is 236. The van der Waals surface area contributed by atoms with Crippen molar-refractivity contribution >= 4 is 17.8 Å². The van der Waals surface area contributed by atoms with Crippen molar-refractivity contribution < 1.29 is 0 Å². The average Bonchev–Trinajstić information content (AvgIpc) is 2.06. The van der Waals surface area contributed by atoms with E-state index >= 15 is 0 Å². The Morgan fingerprint density at radius 3 is 2.45 bits per heavy atom. The first-order chi connectivity index (χ1) is 5.33. The van der Waals surface area contributed by atoms with E-state index in [1.807, 2.05) is 6.07 Å². The minimum absolute atomic E-state index is 1.28. The van der Waals surface area contributed by atoms with E-state index in [0.29, 0.717) is 0 Å². The molecule has 0 bridgehead atoms. The third-order valence-corrected chi connectivity index (χ3v) is 2.25. The lowest BCUT2D eigenvalue weighted by Crippen LogP contribution is -1.70. The van der Waals surface area contributed by atoms with Crippen molar-refractivity contribution in [3.63, 3.8) is 0 Å². The normalized spacial score (nSPS) is 11.6. The topological polar surface area (TPSA) is 0 Å². The summed E-state index contributed by atoms with van der Waals surface area (Å²) in [5.41, 5.74) is 1.28. The molecule has 0 saturated carbocycles. The summed E-state index contributed by atoms with van der Waals surface area (Å²) in [5.74, 6) is 0. The molecular formula is C10H12S. The zero-order chi connectivity index (χ0) is 8.10. The smallest absolute Gasteiger partial charge is 0.0140 e. The summed E-state index contributed by atoms with van der Waals surface area (Å²) in [6.07, 6.45) is 4.28. The Labute approximate surface area is 72.3 Å². The fourth-order valence-electron chi connectivity index (χ4n) is 0.843. The van der Waals surface area contributed by atoms with Crippen molar-refractivity contribution in [2.24, 2.45) is 0 Å². The third kappa shape index (κ3) is 2.81. The van der Waals surface area contributed by atoms with Gasteiger partial charge in [-0.3, -0.25) is 0 Å². The van der Waals surface area contributed by atoms with Gasteiger partial charge in [0.25, 0.3) is 0 Å². The summed E-state index contributed by atoms with van der Waals surface area (Å²) >= 11 is 1.78. The van der Waals surface area contributed by atoms with Crippen molar-refractivity contribution in [3.05, 3.63) is 40.8 Å². The maximum atomic E-state index is 2.19. The molecule has 0 fully saturated rings. The molecule has 0 N–H and O–H groups in total. The van der Waals surface area contributed by atoms with Crippen LogP contribution in [-0.2, 0) is 0 Å². The predicted molar refractivity (Wildman–Crippen MR) is 53.6 cm³/mol. The van der Waals surface area contributed by atoms with Crippen LogP contribution in [0.5, 0.6) is 0 Å². The number of hydrogen-bond donors (Lipinski definition) is 0. The van der Waals surface area contributed by atoms with Crippen molar-refractivity contribution in [1.29, 1.82) is 0 Å². The van der Waals surface area contributed by atoms with Crippen molar-refractivity contribution in [3.8, 4) is 0 Å². The molecule has 58 valence electrons. The molecule has 1 aromatic carbocycles. The molecule has 0 amide bonds. The molecule has 1 rings (SSSR count). The SMILES string of the molecule is CS/C(C)=C\c1ccccc1. The predicted octanol–water partition coefficient (Wildman–Crippen LogP) is 3.41. The van der Waals surface area contributed by atoms with E-state index in [9.17, 15) is 0 Å². The van der Waals surface area contributed by atoms with Crippen molar-refractivity contribution in [1.82, 2.24) is 0 Å². The molecule has 0 heterocycles. The van der Waals surface area contributed by atoms with Gasteiger partial charge in [0.1, 0.15) is 0 Å². The fraction of sp³-hybridized carbons (Fsp3) is 0.200. The maximum Gasteiger partial charge on any atom is -0.0140 e. The molecule has 0 saturated heterocycles. The van der Waals surface area contributed by atoms with Gasteiger partial charge in [-0.05, 0) is 29.7 Å². The summed E-state index contributed by atoms with van der Waals surface area (Å²) in [5, 5.41) is 0. The average molecular weight is 164 g/mol. The van der Waals surface area contributed by atoms with Crippen LogP contribution in [0.2, 0.25) is 0 Å². The van der Waals surface area contributed by atoms with Gasteiger partial charge in [-0.15, -0.1) is 11.8 Å². The number of rotatable bonds is 2. The maximum absolute atomic E-state index is 2.19. The Morgan fingerprint density at radius 2 is 1.91 bits per heavy atom. The highest BCUT2D eigenvalue weighted by Gasteiger charge is 1.86. The minimum Gasteiger partial charge on any atom is -0.134 e. The quantitative estimate of drug-likeness (QED) is 0.645. The van der Waals surface area contributed by atoms with Gasteiger partial charge in [0, 0.05) is 0 Å². The highest BCUT2D eigenvalue weighted by molar-refractivity contribution is 8.02. The highest BCUT2D eigenvalue weighted by atomic mass is 32.2. The standard InChI is InChI=1S/C10H12S/c1-9(11-2)8-10-6-4-3-5-7-10/h3-8H,1-2H3/b9-8-. The fourth-order valence-corrected chi connectivity index (χ4v) is 1.10. The van der Waals surface area contributed by atoms with Crippen LogP contribution in [0.25, 0.3) is 6.08 Å². The number of benzene rings is 1. The van der Waals surface area contributed by atoms with Crippen molar-refractivity contribution in [2.45, 2.75) is 6.92 Å². The summed E-state index contributed by atoms with van der Waals surface area (Å²) < 4.78 is 0. The van der Waals surface area contributed by atoms with Gasteiger partial charge in [0.15, 0.2) is 0 Å². The van der Waals surface area contributed by atoms with Gasteiger partial charge in [0.2, 0.25) is 0 Å². The van der Waals surface area contributed by atoms with Gasteiger partial charge >= 0.3 is 0 Å². The number of hydrogen-bond acceptors (Lipinski definition) is 1. The van der Waals surface area contributed by atoms with Crippen LogP contribution in [0, 0.1) is 0 Å². The van der Waals surface area contributed by atoms with Gasteiger partial charge in [-0.1, -0.05) is 30.3 Å². The molecule has 1 heteroatoms. The monoisotopic (exact) mass is 164 g/mol. The molecule has 0 aliphatic carbocycles.